The van der Waals surface area contributed by atoms with Gasteiger partial charge in [-0.05, 0) is 19.1 Å². The van der Waals surface area contributed by atoms with E-state index in [2.05, 4.69) is 0 Å². The maximum atomic E-state index is 11.8. The molecule has 0 aliphatic heterocycles. The van der Waals surface area contributed by atoms with Crippen LogP contribution in [0.2, 0.25) is 0 Å². The molecule has 0 bridgehead atoms. The fourth-order valence-corrected chi connectivity index (χ4v) is 1.87. The van der Waals surface area contributed by atoms with Crippen LogP contribution >= 0.6 is 0 Å². The first-order valence-corrected chi connectivity index (χ1v) is 5.74. The van der Waals surface area contributed by atoms with Crippen molar-refractivity contribution in [3.05, 3.63) is 61.9 Å². The van der Waals surface area contributed by atoms with E-state index in [4.69, 9.17) is 5.11 Å². The number of aryl methyl sites for hydroxylation is 1. The van der Waals surface area contributed by atoms with E-state index in [0.29, 0.717) is 4.57 Å². The van der Waals surface area contributed by atoms with E-state index in [9.17, 15) is 24.3 Å². The smallest absolute Gasteiger partial charge is 0.543 e. The van der Waals surface area contributed by atoms with Crippen molar-refractivity contribution < 1.29 is 71.2 Å². The third-order valence-electron chi connectivity index (χ3n) is 2.81. The Morgan fingerprint density at radius 2 is 1.73 bits per heavy atom. The summed E-state index contributed by atoms with van der Waals surface area (Å²) in [6, 6.07) is 6.05. The van der Waals surface area contributed by atoms with Crippen LogP contribution in [0, 0.1) is 6.92 Å². The Bertz CT molecular complexity index is 850. The molecule has 2 rings (SSSR count). The predicted molar refractivity (Wildman–Crippen MR) is 68.7 cm³/mol. The van der Waals surface area contributed by atoms with Crippen molar-refractivity contribution in [2.75, 3.05) is 0 Å². The van der Waals surface area contributed by atoms with Crippen molar-refractivity contribution in [2.24, 2.45) is 0 Å². The molecule has 0 saturated heterocycles. The molecular formula is C13H9KN2O6. The van der Waals surface area contributed by atoms with Gasteiger partial charge in [-0.15, -0.1) is 0 Å². The molecule has 2 N–H and O–H groups in total. The van der Waals surface area contributed by atoms with Crippen LogP contribution in [0.1, 0.15) is 26.4 Å². The number of carboxylic acid groups (broad SMARTS) is 2. The summed E-state index contributed by atoms with van der Waals surface area (Å²) in [4.78, 5) is 47.4. The van der Waals surface area contributed by atoms with E-state index in [1.54, 1.807) is 24.0 Å². The SMILES string of the molecule is Cc1ccc(-n2c(C(=O)[O-])c(C(=O)O)c(=O)[nH]c2=O)cc1.[K+]. The quantitative estimate of drug-likeness (QED) is 0.550. The second-order valence-electron chi connectivity index (χ2n) is 4.25. The van der Waals surface area contributed by atoms with E-state index >= 15 is 0 Å². The molecule has 0 aliphatic carbocycles. The number of rotatable bonds is 3. The number of carboxylic acids is 2. The Balaban J connectivity index is 0.00000242. The van der Waals surface area contributed by atoms with Crippen LogP contribution in [-0.2, 0) is 0 Å². The first-order valence-electron chi connectivity index (χ1n) is 5.74. The number of H-pyrrole nitrogens is 1. The van der Waals surface area contributed by atoms with E-state index < -0.39 is 34.4 Å². The molecule has 0 spiro atoms. The van der Waals surface area contributed by atoms with E-state index in [-0.39, 0.29) is 57.1 Å². The molecule has 108 valence electrons. The number of carbonyl (C=O) groups excluding carboxylic acids is 1. The maximum absolute atomic E-state index is 11.8. The van der Waals surface area contributed by atoms with Crippen molar-refractivity contribution in [2.45, 2.75) is 6.92 Å². The minimum absolute atomic E-state index is 0. The monoisotopic (exact) mass is 328 g/mol. The Morgan fingerprint density at radius 1 is 1.18 bits per heavy atom. The maximum Gasteiger partial charge on any atom is 1.00 e. The minimum Gasteiger partial charge on any atom is -0.543 e. The number of aromatic amines is 1. The summed E-state index contributed by atoms with van der Waals surface area (Å²) in [7, 11) is 0. The van der Waals surface area contributed by atoms with Crippen molar-refractivity contribution in [1.82, 2.24) is 9.55 Å². The summed E-state index contributed by atoms with van der Waals surface area (Å²) in [6.45, 7) is 1.78. The van der Waals surface area contributed by atoms with Crippen LogP contribution in [0.25, 0.3) is 5.69 Å². The molecule has 9 heteroatoms. The zero-order valence-corrected chi connectivity index (χ0v) is 14.9. The molecule has 0 radical (unpaired) electrons. The largest absolute Gasteiger partial charge is 1.00 e. The van der Waals surface area contributed by atoms with Crippen LogP contribution in [-0.4, -0.2) is 26.6 Å². The summed E-state index contributed by atoms with van der Waals surface area (Å²) < 4.78 is 0.583. The average Bonchev–Trinajstić information content (AvgIpc) is 2.38. The number of aromatic nitrogens is 2. The number of aromatic carboxylic acids is 2. The zero-order chi connectivity index (χ0) is 15.7. The van der Waals surface area contributed by atoms with Gasteiger partial charge in [-0.2, -0.15) is 0 Å². The third kappa shape index (κ3) is 3.44. The third-order valence-corrected chi connectivity index (χ3v) is 2.81. The van der Waals surface area contributed by atoms with E-state index in [1.807, 2.05) is 0 Å². The molecular weight excluding hydrogens is 319 g/mol. The number of hydrogen-bond acceptors (Lipinski definition) is 5. The van der Waals surface area contributed by atoms with Gasteiger partial charge in [0.15, 0.2) is 5.56 Å². The molecule has 1 aromatic heterocycles. The standard InChI is InChI=1S/C13H10N2O6.K/c1-6-2-4-7(5-3-6)15-9(12(19)20)8(11(17)18)10(16)14-13(15)21;/h2-5H,1H3,(H,17,18)(H,19,20)(H,14,16,21);/q;+1/p-1. The molecule has 0 atom stereocenters. The number of hydrogen-bond donors (Lipinski definition) is 2. The fraction of sp³-hybridized carbons (Fsp3) is 0.0769. The summed E-state index contributed by atoms with van der Waals surface area (Å²) in [5, 5.41) is 20.2. The van der Waals surface area contributed by atoms with Gasteiger partial charge in [-0.25, -0.2) is 9.59 Å². The van der Waals surface area contributed by atoms with Crippen LogP contribution < -0.4 is 67.7 Å². The van der Waals surface area contributed by atoms with Gasteiger partial charge in [0.1, 0.15) is 0 Å². The van der Waals surface area contributed by atoms with Gasteiger partial charge in [0.25, 0.3) is 5.56 Å². The van der Waals surface area contributed by atoms with Crippen LogP contribution in [0.4, 0.5) is 0 Å². The van der Waals surface area contributed by atoms with Crippen molar-refractivity contribution in [3.8, 4) is 5.69 Å². The van der Waals surface area contributed by atoms with Gasteiger partial charge in [0, 0.05) is 0 Å². The molecule has 0 unspecified atom stereocenters. The van der Waals surface area contributed by atoms with Gasteiger partial charge < -0.3 is 15.0 Å². The molecule has 22 heavy (non-hydrogen) atoms. The summed E-state index contributed by atoms with van der Waals surface area (Å²) in [5.74, 6) is -3.70. The number of benzene rings is 1. The van der Waals surface area contributed by atoms with Gasteiger partial charge in [0.05, 0.1) is 17.4 Å². The average molecular weight is 328 g/mol. The second kappa shape index (κ2) is 7.16. The van der Waals surface area contributed by atoms with Gasteiger partial charge in [-0.3, -0.25) is 14.3 Å². The molecule has 8 nitrogen and oxygen atoms in total. The van der Waals surface area contributed by atoms with Crippen molar-refractivity contribution >= 4 is 11.9 Å². The summed E-state index contributed by atoms with van der Waals surface area (Å²) in [6.07, 6.45) is 0. The first-order chi connectivity index (χ1) is 9.82. The predicted octanol–water partition coefficient (Wildman–Crippen LogP) is -4.10. The Morgan fingerprint density at radius 3 is 2.18 bits per heavy atom. The normalized spacial score (nSPS) is 9.86. The number of nitrogens with one attached hydrogen (secondary N) is 1. The van der Waals surface area contributed by atoms with E-state index in [0.717, 1.165) is 5.56 Å². The molecule has 2 aromatic rings. The fourth-order valence-electron chi connectivity index (χ4n) is 1.87. The molecule has 0 amide bonds. The molecule has 0 aliphatic rings. The van der Waals surface area contributed by atoms with Crippen LogP contribution in [0.5, 0.6) is 0 Å². The molecule has 0 fully saturated rings. The van der Waals surface area contributed by atoms with Crippen molar-refractivity contribution in [1.29, 1.82) is 0 Å². The topological polar surface area (TPSA) is 132 Å². The molecule has 1 heterocycles. The van der Waals surface area contributed by atoms with Gasteiger partial charge >= 0.3 is 63.0 Å². The van der Waals surface area contributed by atoms with Crippen LogP contribution in [0.15, 0.2) is 33.9 Å². The van der Waals surface area contributed by atoms with E-state index in [1.165, 1.54) is 12.1 Å². The summed E-state index contributed by atoms with van der Waals surface area (Å²) in [5.41, 5.74) is -3.47. The number of carbonyl (C=O) groups is 2. The van der Waals surface area contributed by atoms with Gasteiger partial charge in [-0.1, -0.05) is 17.7 Å². The first kappa shape index (κ1) is 18.5. The second-order valence-corrected chi connectivity index (χ2v) is 4.25. The Kier molecular flexibility index (Phi) is 6.03. The number of nitrogens with zero attached hydrogens (tertiary/aromatic N) is 1. The van der Waals surface area contributed by atoms with Crippen molar-refractivity contribution in [3.63, 3.8) is 0 Å². The Hall–Kier alpha value is -1.52. The van der Waals surface area contributed by atoms with Gasteiger partial charge in [0.2, 0.25) is 0 Å². The molecule has 1 aromatic carbocycles. The molecule has 0 saturated carbocycles. The zero-order valence-electron chi connectivity index (χ0n) is 11.7. The van der Waals surface area contributed by atoms with Crippen LogP contribution in [0.3, 0.4) is 0 Å². The summed E-state index contributed by atoms with van der Waals surface area (Å²) >= 11 is 0. The minimum atomic E-state index is -1.93. The Labute approximate surface area is 165 Å².